The number of aromatic nitrogens is 2. The molecule has 2 N–H and O–H groups in total. The molecule has 0 spiro atoms. The van der Waals surface area contributed by atoms with E-state index in [2.05, 4.69) is 10.4 Å². The molecule has 7 nitrogen and oxygen atoms in total. The fourth-order valence-corrected chi connectivity index (χ4v) is 2.42. The average Bonchev–Trinajstić information content (AvgIpc) is 2.60. The normalized spacial score (nSPS) is 10.7. The lowest BCUT2D eigenvalue weighted by molar-refractivity contribution is -0.117. The zero-order valence-corrected chi connectivity index (χ0v) is 13.1. The minimum atomic E-state index is -1.37. The molecule has 3 rings (SSSR count). The number of nitrogens with zero attached hydrogens (tertiary/aromatic N) is 2. The second kappa shape index (κ2) is 6.71. The number of benzene rings is 2. The number of aromatic carboxylic acids is 1. The van der Waals surface area contributed by atoms with Gasteiger partial charge in [-0.05, 0) is 18.2 Å². The number of rotatable bonds is 4. The first-order valence-electron chi connectivity index (χ1n) is 7.35. The van der Waals surface area contributed by atoms with Gasteiger partial charge >= 0.3 is 5.97 Å². The van der Waals surface area contributed by atoms with Crippen LogP contribution in [-0.4, -0.2) is 26.8 Å². The third-order valence-corrected chi connectivity index (χ3v) is 3.57. The van der Waals surface area contributed by atoms with Gasteiger partial charge in [0.05, 0.1) is 11.1 Å². The minimum absolute atomic E-state index is 0.0737. The van der Waals surface area contributed by atoms with Gasteiger partial charge in [-0.25, -0.2) is 18.3 Å². The number of carbonyl (C=O) groups excluding carboxylic acids is 1. The smallest absolute Gasteiger partial charge is 0.357 e. The standard InChI is InChI=1S/C17H11F2N3O4/c18-9-5-6-12(19)13(7-9)20-14(23)8-22-16(24)11-4-2-1-3-10(11)15(21-22)17(25)26/h1-7H,8H2,(H,20,23)(H,25,26). The average molecular weight is 359 g/mol. The first-order chi connectivity index (χ1) is 12.4. The largest absolute Gasteiger partial charge is 0.476 e. The Morgan fingerprint density at radius 2 is 1.81 bits per heavy atom. The molecule has 0 unspecified atom stereocenters. The van der Waals surface area contributed by atoms with Crippen molar-refractivity contribution in [3.63, 3.8) is 0 Å². The first kappa shape index (κ1) is 17.2. The number of hydrogen-bond donors (Lipinski definition) is 2. The highest BCUT2D eigenvalue weighted by atomic mass is 19.1. The number of nitrogens with one attached hydrogen (secondary N) is 1. The Kier molecular flexibility index (Phi) is 4.44. The number of fused-ring (bicyclic) bond motifs is 1. The molecule has 0 aliphatic heterocycles. The van der Waals surface area contributed by atoms with Crippen LogP contribution in [0.2, 0.25) is 0 Å². The van der Waals surface area contributed by atoms with Crippen LogP contribution < -0.4 is 10.9 Å². The third-order valence-electron chi connectivity index (χ3n) is 3.57. The van der Waals surface area contributed by atoms with Gasteiger partial charge in [-0.3, -0.25) is 9.59 Å². The van der Waals surface area contributed by atoms with Crippen LogP contribution in [0.3, 0.4) is 0 Å². The Hall–Kier alpha value is -3.62. The first-order valence-corrected chi connectivity index (χ1v) is 7.35. The molecule has 0 radical (unpaired) electrons. The van der Waals surface area contributed by atoms with Crippen molar-refractivity contribution >= 4 is 28.3 Å². The van der Waals surface area contributed by atoms with Crippen LogP contribution in [0.4, 0.5) is 14.5 Å². The zero-order valence-electron chi connectivity index (χ0n) is 13.1. The summed E-state index contributed by atoms with van der Waals surface area (Å²) in [4.78, 5) is 35.8. The zero-order chi connectivity index (χ0) is 18.8. The minimum Gasteiger partial charge on any atom is -0.476 e. The Bertz CT molecular complexity index is 1100. The Morgan fingerprint density at radius 3 is 2.50 bits per heavy atom. The molecule has 26 heavy (non-hydrogen) atoms. The molecule has 0 saturated carbocycles. The van der Waals surface area contributed by atoms with E-state index in [0.717, 1.165) is 18.2 Å². The van der Waals surface area contributed by atoms with Crippen molar-refractivity contribution in [2.75, 3.05) is 5.32 Å². The maximum absolute atomic E-state index is 13.6. The fraction of sp³-hybridized carbons (Fsp3) is 0.0588. The number of carboxylic acids is 1. The van der Waals surface area contributed by atoms with Crippen LogP contribution in [0.5, 0.6) is 0 Å². The molecular formula is C17H11F2N3O4. The summed E-state index contributed by atoms with van der Waals surface area (Å²) in [6.07, 6.45) is 0. The quantitative estimate of drug-likeness (QED) is 0.742. The van der Waals surface area contributed by atoms with E-state index in [0.29, 0.717) is 4.68 Å². The Labute approximate surface area is 144 Å². The highest BCUT2D eigenvalue weighted by Crippen LogP contribution is 2.16. The monoisotopic (exact) mass is 359 g/mol. The molecule has 0 aliphatic rings. The Balaban J connectivity index is 1.97. The van der Waals surface area contributed by atoms with Crippen LogP contribution in [0.25, 0.3) is 10.8 Å². The van der Waals surface area contributed by atoms with Crippen molar-refractivity contribution in [2.45, 2.75) is 6.54 Å². The molecule has 3 aromatic rings. The summed E-state index contributed by atoms with van der Waals surface area (Å²) in [6, 6.07) is 8.45. The molecule has 0 saturated heterocycles. The molecule has 0 fully saturated rings. The molecule has 1 heterocycles. The SMILES string of the molecule is O=C(Cn1nc(C(=O)O)c2ccccc2c1=O)Nc1cc(F)ccc1F. The maximum Gasteiger partial charge on any atom is 0.357 e. The maximum atomic E-state index is 13.6. The van der Waals surface area contributed by atoms with Gasteiger partial charge in [-0.1, -0.05) is 18.2 Å². The van der Waals surface area contributed by atoms with Crippen molar-refractivity contribution in [3.8, 4) is 0 Å². The predicted octanol–water partition coefficient (Wildman–Crippen LogP) is 2.01. The van der Waals surface area contributed by atoms with E-state index in [1.165, 1.54) is 12.1 Å². The number of carbonyl (C=O) groups is 2. The molecule has 0 atom stereocenters. The molecule has 0 bridgehead atoms. The van der Waals surface area contributed by atoms with Gasteiger partial charge in [0, 0.05) is 11.5 Å². The van der Waals surface area contributed by atoms with Crippen molar-refractivity contribution in [3.05, 3.63) is 70.1 Å². The second-order valence-electron chi connectivity index (χ2n) is 5.33. The number of anilines is 1. The summed E-state index contributed by atoms with van der Waals surface area (Å²) in [5.74, 6) is -3.84. The van der Waals surface area contributed by atoms with Gasteiger partial charge in [0.25, 0.3) is 5.56 Å². The summed E-state index contributed by atoms with van der Waals surface area (Å²) in [6.45, 7) is -0.667. The van der Waals surface area contributed by atoms with Crippen LogP contribution >= 0.6 is 0 Å². The van der Waals surface area contributed by atoms with E-state index in [1.807, 2.05) is 0 Å². The molecule has 2 aromatic carbocycles. The van der Waals surface area contributed by atoms with Crippen LogP contribution in [-0.2, 0) is 11.3 Å². The summed E-state index contributed by atoms with van der Waals surface area (Å²) in [5, 5.41) is 15.3. The van der Waals surface area contributed by atoms with E-state index in [4.69, 9.17) is 0 Å². The van der Waals surface area contributed by atoms with Crippen LogP contribution in [0, 0.1) is 11.6 Å². The summed E-state index contributed by atoms with van der Waals surface area (Å²) in [7, 11) is 0. The molecule has 132 valence electrons. The second-order valence-corrected chi connectivity index (χ2v) is 5.33. The number of hydrogen-bond acceptors (Lipinski definition) is 4. The summed E-state index contributed by atoms with van der Waals surface area (Å²) < 4.78 is 27.4. The van der Waals surface area contributed by atoms with Gasteiger partial charge in [0.15, 0.2) is 5.69 Å². The van der Waals surface area contributed by atoms with Gasteiger partial charge < -0.3 is 10.4 Å². The van der Waals surface area contributed by atoms with Crippen molar-refractivity contribution in [1.29, 1.82) is 0 Å². The molecule has 1 amide bonds. The van der Waals surface area contributed by atoms with E-state index >= 15 is 0 Å². The highest BCUT2D eigenvalue weighted by molar-refractivity contribution is 6.01. The lowest BCUT2D eigenvalue weighted by Gasteiger charge is -2.10. The van der Waals surface area contributed by atoms with Gasteiger partial charge in [0.1, 0.15) is 18.2 Å². The van der Waals surface area contributed by atoms with Gasteiger partial charge in [-0.15, -0.1) is 0 Å². The predicted molar refractivity (Wildman–Crippen MR) is 88.0 cm³/mol. The van der Waals surface area contributed by atoms with Crippen molar-refractivity contribution < 1.29 is 23.5 Å². The fourth-order valence-electron chi connectivity index (χ4n) is 2.42. The topological polar surface area (TPSA) is 101 Å². The number of amides is 1. The number of carboxylic acid groups (broad SMARTS) is 1. The molecule has 9 heteroatoms. The van der Waals surface area contributed by atoms with E-state index in [-0.39, 0.29) is 10.8 Å². The summed E-state index contributed by atoms with van der Waals surface area (Å²) >= 11 is 0. The van der Waals surface area contributed by atoms with Crippen LogP contribution in [0.1, 0.15) is 10.5 Å². The van der Waals surface area contributed by atoms with E-state index in [1.54, 1.807) is 12.1 Å². The highest BCUT2D eigenvalue weighted by Gasteiger charge is 2.17. The van der Waals surface area contributed by atoms with Crippen molar-refractivity contribution in [2.24, 2.45) is 0 Å². The van der Waals surface area contributed by atoms with Gasteiger partial charge in [-0.2, -0.15) is 5.10 Å². The lowest BCUT2D eigenvalue weighted by Crippen LogP contribution is -2.31. The molecule has 0 aliphatic carbocycles. The Morgan fingerprint density at radius 1 is 1.12 bits per heavy atom. The third kappa shape index (κ3) is 3.27. The van der Waals surface area contributed by atoms with Crippen molar-refractivity contribution in [1.82, 2.24) is 9.78 Å². The van der Waals surface area contributed by atoms with E-state index < -0.39 is 47.0 Å². The summed E-state index contributed by atoms with van der Waals surface area (Å²) in [5.41, 5.74) is -1.48. The lowest BCUT2D eigenvalue weighted by atomic mass is 10.1. The van der Waals surface area contributed by atoms with Crippen LogP contribution in [0.15, 0.2) is 47.3 Å². The molecule has 1 aromatic heterocycles. The van der Waals surface area contributed by atoms with Gasteiger partial charge in [0.2, 0.25) is 5.91 Å². The van der Waals surface area contributed by atoms with E-state index in [9.17, 15) is 28.3 Å². The number of halogens is 2. The molecular weight excluding hydrogens is 348 g/mol.